The summed E-state index contributed by atoms with van der Waals surface area (Å²) in [7, 11) is 0. The van der Waals surface area contributed by atoms with Gasteiger partial charge in [0, 0.05) is 0 Å². The Bertz CT molecular complexity index is 1130. The molecule has 0 aromatic heterocycles. The zero-order valence-electron chi connectivity index (χ0n) is 16.5. The van der Waals surface area contributed by atoms with Crippen LogP contribution in [0.15, 0.2) is 97.1 Å². The highest BCUT2D eigenvalue weighted by Crippen LogP contribution is 2.17. The van der Waals surface area contributed by atoms with Crippen LogP contribution in [0.4, 0.5) is 4.79 Å². The third-order valence-corrected chi connectivity index (χ3v) is 4.76. The number of hydrogen-bond donors (Lipinski definition) is 0. The van der Waals surface area contributed by atoms with Gasteiger partial charge in [-0.05, 0) is 57.0 Å². The lowest BCUT2D eigenvalue weighted by atomic mass is 10.1. The van der Waals surface area contributed by atoms with Crippen LogP contribution in [0.25, 0.3) is 33.7 Å². The van der Waals surface area contributed by atoms with Crippen molar-refractivity contribution in [2.75, 3.05) is 13.2 Å². The Morgan fingerprint density at radius 3 is 1.50 bits per heavy atom. The molecule has 0 aliphatic heterocycles. The van der Waals surface area contributed by atoms with Crippen LogP contribution in [0.1, 0.15) is 11.1 Å². The van der Waals surface area contributed by atoms with Crippen molar-refractivity contribution >= 4 is 39.9 Å². The Morgan fingerprint density at radius 2 is 1.03 bits per heavy atom. The average Bonchev–Trinajstić information content (AvgIpc) is 2.79. The van der Waals surface area contributed by atoms with Gasteiger partial charge in [0.2, 0.25) is 0 Å². The summed E-state index contributed by atoms with van der Waals surface area (Å²) in [5, 5.41) is 4.76. The van der Waals surface area contributed by atoms with Crippen molar-refractivity contribution in [1.82, 2.24) is 0 Å². The fourth-order valence-corrected chi connectivity index (χ4v) is 3.27. The van der Waals surface area contributed by atoms with E-state index in [9.17, 15) is 4.79 Å². The Balaban J connectivity index is 1.21. The number of hydrogen-bond acceptors (Lipinski definition) is 3. The fraction of sp³-hybridized carbons (Fsp3) is 0.0741. The van der Waals surface area contributed by atoms with E-state index in [0.29, 0.717) is 0 Å². The first-order valence-electron chi connectivity index (χ1n) is 9.88. The molecular weight excluding hydrogens is 372 g/mol. The number of benzene rings is 4. The number of ether oxygens (including phenoxy) is 2. The first kappa shape index (κ1) is 19.5. The minimum Gasteiger partial charge on any atom is -0.430 e. The van der Waals surface area contributed by atoms with Crippen molar-refractivity contribution in [2.24, 2.45) is 0 Å². The summed E-state index contributed by atoms with van der Waals surface area (Å²) < 4.78 is 10.2. The zero-order valence-corrected chi connectivity index (χ0v) is 16.5. The van der Waals surface area contributed by atoms with Crippen LogP contribution in [-0.2, 0) is 9.47 Å². The van der Waals surface area contributed by atoms with Gasteiger partial charge in [0.25, 0.3) is 0 Å². The molecule has 0 saturated carbocycles. The van der Waals surface area contributed by atoms with Gasteiger partial charge in [0.05, 0.1) is 0 Å². The van der Waals surface area contributed by atoms with Crippen molar-refractivity contribution in [3.8, 4) is 0 Å². The summed E-state index contributed by atoms with van der Waals surface area (Å²) in [6, 6.07) is 28.8. The van der Waals surface area contributed by atoms with Crippen molar-refractivity contribution in [1.29, 1.82) is 0 Å². The van der Waals surface area contributed by atoms with Gasteiger partial charge in [-0.2, -0.15) is 0 Å². The lowest BCUT2D eigenvalue weighted by Gasteiger charge is -2.02. The molecule has 148 valence electrons. The van der Waals surface area contributed by atoms with Crippen molar-refractivity contribution in [2.45, 2.75) is 0 Å². The number of fused-ring (bicyclic) bond motifs is 2. The minimum atomic E-state index is -0.679. The molecule has 4 rings (SSSR count). The van der Waals surface area contributed by atoms with E-state index >= 15 is 0 Å². The van der Waals surface area contributed by atoms with Gasteiger partial charge in [-0.1, -0.05) is 84.9 Å². The lowest BCUT2D eigenvalue weighted by molar-refractivity contribution is 0.0720. The monoisotopic (exact) mass is 394 g/mol. The molecule has 0 heterocycles. The molecule has 0 aliphatic rings. The predicted molar refractivity (Wildman–Crippen MR) is 123 cm³/mol. The molecule has 0 radical (unpaired) electrons. The van der Waals surface area contributed by atoms with E-state index in [2.05, 4.69) is 48.5 Å². The third-order valence-electron chi connectivity index (χ3n) is 4.76. The SMILES string of the molecule is O=C(OCC=Cc1ccc2ccccc2c1)OCC=Cc1ccc2ccccc2c1. The second kappa shape index (κ2) is 9.57. The summed E-state index contributed by atoms with van der Waals surface area (Å²) >= 11 is 0. The first-order valence-corrected chi connectivity index (χ1v) is 9.88. The summed E-state index contributed by atoms with van der Waals surface area (Å²) in [5.74, 6) is 0. The van der Waals surface area contributed by atoms with Crippen LogP contribution >= 0.6 is 0 Å². The molecule has 3 heteroatoms. The quantitative estimate of drug-likeness (QED) is 0.335. The second-order valence-electron chi connectivity index (χ2n) is 6.89. The number of carbonyl (C=O) groups is 1. The lowest BCUT2D eigenvalue weighted by Crippen LogP contribution is -2.07. The maximum Gasteiger partial charge on any atom is 0.508 e. The minimum absolute atomic E-state index is 0.167. The molecule has 30 heavy (non-hydrogen) atoms. The highest BCUT2D eigenvalue weighted by molar-refractivity contribution is 5.85. The average molecular weight is 394 g/mol. The highest BCUT2D eigenvalue weighted by atomic mass is 16.7. The molecular formula is C27H22O3. The molecule has 0 fully saturated rings. The Labute approximate surface area is 175 Å². The number of carbonyl (C=O) groups excluding carboxylic acids is 1. The van der Waals surface area contributed by atoms with Gasteiger partial charge in [0.1, 0.15) is 13.2 Å². The van der Waals surface area contributed by atoms with Crippen molar-refractivity contribution < 1.29 is 14.3 Å². The van der Waals surface area contributed by atoms with Gasteiger partial charge < -0.3 is 9.47 Å². The van der Waals surface area contributed by atoms with E-state index in [4.69, 9.17) is 9.47 Å². The normalized spacial score (nSPS) is 11.5. The van der Waals surface area contributed by atoms with Gasteiger partial charge >= 0.3 is 6.16 Å². The third kappa shape index (κ3) is 5.15. The van der Waals surface area contributed by atoms with Crippen LogP contribution in [0, 0.1) is 0 Å². The van der Waals surface area contributed by atoms with Gasteiger partial charge in [-0.25, -0.2) is 4.79 Å². The predicted octanol–water partition coefficient (Wildman–Crippen LogP) is 6.87. The van der Waals surface area contributed by atoms with E-state index < -0.39 is 6.16 Å². The smallest absolute Gasteiger partial charge is 0.430 e. The molecule has 4 aromatic rings. The highest BCUT2D eigenvalue weighted by Gasteiger charge is 2.00. The topological polar surface area (TPSA) is 35.5 Å². The zero-order chi connectivity index (χ0) is 20.6. The molecule has 3 nitrogen and oxygen atoms in total. The summed E-state index contributed by atoms with van der Waals surface area (Å²) in [4.78, 5) is 11.7. The number of rotatable bonds is 6. The van der Waals surface area contributed by atoms with Gasteiger partial charge in [-0.15, -0.1) is 0 Å². The van der Waals surface area contributed by atoms with Crippen molar-refractivity contribution in [3.63, 3.8) is 0 Å². The van der Waals surface area contributed by atoms with Crippen LogP contribution in [-0.4, -0.2) is 19.4 Å². The second-order valence-corrected chi connectivity index (χ2v) is 6.89. The van der Waals surface area contributed by atoms with Gasteiger partial charge in [-0.3, -0.25) is 0 Å². The fourth-order valence-electron chi connectivity index (χ4n) is 3.27. The van der Waals surface area contributed by atoms with Crippen LogP contribution in [0.3, 0.4) is 0 Å². The van der Waals surface area contributed by atoms with Gasteiger partial charge in [0.15, 0.2) is 0 Å². The molecule has 0 saturated heterocycles. The van der Waals surface area contributed by atoms with E-state index in [0.717, 1.165) is 11.1 Å². The largest absolute Gasteiger partial charge is 0.508 e. The van der Waals surface area contributed by atoms with Crippen molar-refractivity contribution in [3.05, 3.63) is 108 Å². The van der Waals surface area contributed by atoms with E-state index in [1.54, 1.807) is 12.2 Å². The maximum atomic E-state index is 11.7. The molecule has 0 aliphatic carbocycles. The van der Waals surface area contributed by atoms with E-state index in [1.165, 1.54) is 21.5 Å². The summed E-state index contributed by atoms with van der Waals surface area (Å²) in [6.45, 7) is 0.333. The molecule has 0 spiro atoms. The Kier molecular flexibility index (Phi) is 6.21. The summed E-state index contributed by atoms with van der Waals surface area (Å²) in [5.41, 5.74) is 2.12. The van der Waals surface area contributed by atoms with Crippen LogP contribution in [0.5, 0.6) is 0 Å². The molecule has 0 N–H and O–H groups in total. The molecule has 4 aromatic carbocycles. The maximum absolute atomic E-state index is 11.7. The van der Waals surface area contributed by atoms with Crippen LogP contribution in [0.2, 0.25) is 0 Å². The molecule has 0 bridgehead atoms. The molecule has 0 atom stereocenters. The molecule has 0 unspecified atom stereocenters. The van der Waals surface area contributed by atoms with E-state index in [-0.39, 0.29) is 13.2 Å². The summed E-state index contributed by atoms with van der Waals surface area (Å²) in [6.07, 6.45) is 6.78. The standard InChI is InChI=1S/C27H22O3/c28-27(29-17-5-7-21-13-15-23-9-1-3-11-25(23)19-21)30-18-6-8-22-14-16-24-10-2-4-12-26(24)20-22/h1-16,19-20H,17-18H2. The Hall–Kier alpha value is -3.85. The molecule has 0 amide bonds. The van der Waals surface area contributed by atoms with Crippen LogP contribution < -0.4 is 0 Å². The van der Waals surface area contributed by atoms with E-state index in [1.807, 2.05) is 48.6 Å². The first-order chi connectivity index (χ1) is 14.8. The Morgan fingerprint density at radius 1 is 0.600 bits per heavy atom.